The van der Waals surface area contributed by atoms with Gasteiger partial charge in [-0.2, -0.15) is 5.10 Å². The molecule has 0 aromatic heterocycles. The quantitative estimate of drug-likeness (QED) is 0.436. The molecular weight excluding hydrogens is 396 g/mol. The van der Waals surface area contributed by atoms with Crippen molar-refractivity contribution in [3.63, 3.8) is 0 Å². The summed E-state index contributed by atoms with van der Waals surface area (Å²) >= 11 is 0. The molecule has 2 aliphatic rings. The third kappa shape index (κ3) is 3.95. The van der Waals surface area contributed by atoms with Gasteiger partial charge < -0.3 is 10.1 Å². The molecule has 2 amide bonds. The van der Waals surface area contributed by atoms with Crippen molar-refractivity contribution in [1.82, 2.24) is 15.2 Å². The molecule has 3 rings (SSSR count). The number of rotatable bonds is 6. The molecule has 158 valence electrons. The molecule has 0 atom stereocenters. The Morgan fingerprint density at radius 3 is 2.58 bits per heavy atom. The fraction of sp³-hybridized carbons (Fsp3) is 0.130. The molecule has 0 spiro atoms. The Morgan fingerprint density at radius 1 is 1.23 bits per heavy atom. The first kappa shape index (κ1) is 21.5. The number of carbonyl (C=O) groups is 3. The van der Waals surface area contributed by atoms with Gasteiger partial charge in [-0.3, -0.25) is 14.5 Å². The predicted molar refractivity (Wildman–Crippen MR) is 117 cm³/mol. The number of methoxy groups -OCH3 is 1. The number of benzene rings is 1. The van der Waals surface area contributed by atoms with Crippen molar-refractivity contribution >= 4 is 30.1 Å². The van der Waals surface area contributed by atoms with Gasteiger partial charge in [0, 0.05) is 24.1 Å². The smallest absolute Gasteiger partial charge is 0.353 e. The number of esters is 1. The van der Waals surface area contributed by atoms with E-state index in [0.717, 1.165) is 22.4 Å². The number of nitrogens with zero attached hydrogens (tertiary/aromatic N) is 3. The summed E-state index contributed by atoms with van der Waals surface area (Å²) in [5.74, 6) is -1.85. The van der Waals surface area contributed by atoms with E-state index in [9.17, 15) is 14.4 Å². The van der Waals surface area contributed by atoms with Gasteiger partial charge in [0.2, 0.25) is 0 Å². The van der Waals surface area contributed by atoms with Crippen molar-refractivity contribution in [2.24, 2.45) is 5.10 Å². The van der Waals surface area contributed by atoms with Crippen LogP contribution < -0.4 is 5.32 Å². The van der Waals surface area contributed by atoms with Crippen molar-refractivity contribution in [1.29, 1.82) is 0 Å². The molecule has 0 aliphatic carbocycles. The zero-order chi connectivity index (χ0) is 22.7. The number of hydrogen-bond donors (Lipinski definition) is 1. The number of carbonyl (C=O) groups excluding carboxylic acids is 3. The van der Waals surface area contributed by atoms with Crippen molar-refractivity contribution in [3.05, 3.63) is 89.6 Å². The van der Waals surface area contributed by atoms with Gasteiger partial charge in [0.15, 0.2) is 0 Å². The van der Waals surface area contributed by atoms with Gasteiger partial charge >= 0.3 is 5.97 Å². The van der Waals surface area contributed by atoms with Crippen molar-refractivity contribution < 1.29 is 19.1 Å². The topological polar surface area (TPSA) is 91.3 Å². The maximum absolute atomic E-state index is 13.0. The van der Waals surface area contributed by atoms with Gasteiger partial charge in [-0.05, 0) is 30.2 Å². The van der Waals surface area contributed by atoms with Gasteiger partial charge in [-0.25, -0.2) is 9.80 Å². The highest BCUT2D eigenvalue weighted by Gasteiger charge is 2.34. The fourth-order valence-electron chi connectivity index (χ4n) is 3.34. The molecule has 0 bridgehead atoms. The van der Waals surface area contributed by atoms with Crippen LogP contribution in [0.5, 0.6) is 0 Å². The molecule has 1 aromatic carbocycles. The van der Waals surface area contributed by atoms with E-state index in [4.69, 9.17) is 0 Å². The maximum Gasteiger partial charge on any atom is 0.353 e. The summed E-state index contributed by atoms with van der Waals surface area (Å²) in [6, 6.07) is 5.38. The van der Waals surface area contributed by atoms with Crippen LogP contribution in [0.4, 0.5) is 0 Å². The minimum absolute atomic E-state index is 0.101. The van der Waals surface area contributed by atoms with E-state index in [-0.39, 0.29) is 23.8 Å². The normalized spacial score (nSPS) is 16.0. The molecule has 31 heavy (non-hydrogen) atoms. The summed E-state index contributed by atoms with van der Waals surface area (Å²) in [5.41, 5.74) is 3.45. The molecule has 0 radical (unpaired) electrons. The fourth-order valence-corrected chi connectivity index (χ4v) is 3.34. The number of ether oxygens (including phenoxy) is 1. The first-order valence-corrected chi connectivity index (χ1v) is 9.36. The van der Waals surface area contributed by atoms with Gasteiger partial charge in [-0.15, -0.1) is 0 Å². The van der Waals surface area contributed by atoms with Gasteiger partial charge in [-0.1, -0.05) is 37.4 Å². The number of fused-ring (bicyclic) bond motifs is 1. The van der Waals surface area contributed by atoms with Crippen LogP contribution in [0.15, 0.2) is 78.0 Å². The van der Waals surface area contributed by atoms with Gasteiger partial charge in [0.05, 0.1) is 19.4 Å². The largest absolute Gasteiger partial charge is 0.464 e. The molecule has 1 N–H and O–H groups in total. The highest BCUT2D eigenvalue weighted by atomic mass is 16.5. The number of hydrogen-bond acceptors (Lipinski definition) is 6. The SMILES string of the molecule is C=NN1C=C(c2cccc3c2CN(C(=C)C(=O)NC(=C)C(=O)OC)C3=O)C=C/C1=C/C. The highest BCUT2D eigenvalue weighted by molar-refractivity contribution is 6.07. The molecule has 8 nitrogen and oxygen atoms in total. The summed E-state index contributed by atoms with van der Waals surface area (Å²) < 4.78 is 4.51. The minimum Gasteiger partial charge on any atom is -0.464 e. The van der Waals surface area contributed by atoms with E-state index in [1.807, 2.05) is 37.4 Å². The minimum atomic E-state index is -0.781. The Bertz CT molecular complexity index is 1110. The molecule has 1 aromatic rings. The predicted octanol–water partition coefficient (Wildman–Crippen LogP) is 2.69. The van der Waals surface area contributed by atoms with E-state index in [0.29, 0.717) is 5.56 Å². The van der Waals surface area contributed by atoms with Gasteiger partial charge in [0.25, 0.3) is 11.8 Å². The standard InChI is InChI=1S/C23H22N4O4/c1-6-17-11-10-16(12-27(17)24-4)18-8-7-9-19-20(18)13-26(22(19)29)15(3)21(28)25-14(2)23(30)31-5/h6-12H,2-4,13H2,1,5H3,(H,25,28)/b17-6-. The molecule has 2 heterocycles. The lowest BCUT2D eigenvalue weighted by Gasteiger charge is -2.21. The van der Waals surface area contributed by atoms with Crippen LogP contribution in [0.25, 0.3) is 5.57 Å². The van der Waals surface area contributed by atoms with Crippen LogP contribution in [-0.4, -0.2) is 41.5 Å². The second kappa shape index (κ2) is 8.66. The third-order valence-electron chi connectivity index (χ3n) is 4.97. The summed E-state index contributed by atoms with van der Waals surface area (Å²) in [6.07, 6.45) is 7.57. The summed E-state index contributed by atoms with van der Waals surface area (Å²) in [5, 5.41) is 7.94. The van der Waals surface area contributed by atoms with Crippen LogP contribution in [0, 0.1) is 0 Å². The lowest BCUT2D eigenvalue weighted by Crippen LogP contribution is -2.36. The van der Waals surface area contributed by atoms with Crippen LogP contribution in [0.2, 0.25) is 0 Å². The van der Waals surface area contributed by atoms with Crippen molar-refractivity contribution in [3.8, 4) is 0 Å². The van der Waals surface area contributed by atoms with E-state index >= 15 is 0 Å². The lowest BCUT2D eigenvalue weighted by molar-refractivity contribution is -0.137. The molecule has 0 saturated heterocycles. The number of amides is 2. The molecule has 0 saturated carbocycles. The molecule has 0 unspecified atom stereocenters. The van der Waals surface area contributed by atoms with Crippen molar-refractivity contribution in [2.75, 3.05) is 7.11 Å². The molecule has 0 fully saturated rings. The lowest BCUT2D eigenvalue weighted by atomic mass is 9.96. The zero-order valence-corrected chi connectivity index (χ0v) is 17.3. The second-order valence-corrected chi connectivity index (χ2v) is 6.71. The van der Waals surface area contributed by atoms with Crippen LogP contribution in [0.1, 0.15) is 28.4 Å². The van der Waals surface area contributed by atoms with E-state index < -0.39 is 11.9 Å². The molecular formula is C23H22N4O4. The van der Waals surface area contributed by atoms with Crippen LogP contribution in [-0.2, 0) is 20.9 Å². The highest BCUT2D eigenvalue weighted by Crippen LogP contribution is 2.34. The average molecular weight is 418 g/mol. The summed E-state index contributed by atoms with van der Waals surface area (Å²) in [7, 11) is 1.17. The zero-order valence-electron chi connectivity index (χ0n) is 17.3. The Labute approximate surface area is 180 Å². The second-order valence-electron chi connectivity index (χ2n) is 6.71. The molecule has 8 heteroatoms. The Hall–Kier alpha value is -4.20. The first-order chi connectivity index (χ1) is 14.8. The van der Waals surface area contributed by atoms with Gasteiger partial charge in [0.1, 0.15) is 11.4 Å². The summed E-state index contributed by atoms with van der Waals surface area (Å²) in [4.78, 5) is 38.2. The van der Waals surface area contributed by atoms with E-state index in [1.165, 1.54) is 12.0 Å². The Balaban J connectivity index is 1.88. The summed E-state index contributed by atoms with van der Waals surface area (Å²) in [6.45, 7) is 12.8. The third-order valence-corrected chi connectivity index (χ3v) is 4.97. The van der Waals surface area contributed by atoms with E-state index in [1.54, 1.807) is 17.1 Å². The number of allylic oxidation sites excluding steroid dienone is 4. The maximum atomic E-state index is 13.0. The number of hydrazone groups is 1. The van der Waals surface area contributed by atoms with Crippen LogP contribution >= 0.6 is 0 Å². The molecule has 2 aliphatic heterocycles. The first-order valence-electron chi connectivity index (χ1n) is 9.36. The Kier molecular flexibility index (Phi) is 6.01. The van der Waals surface area contributed by atoms with Crippen LogP contribution in [0.3, 0.4) is 0 Å². The Morgan fingerprint density at radius 2 is 1.94 bits per heavy atom. The van der Waals surface area contributed by atoms with E-state index in [2.05, 4.69) is 35.0 Å². The van der Waals surface area contributed by atoms with Crippen molar-refractivity contribution in [2.45, 2.75) is 13.5 Å². The average Bonchev–Trinajstić information content (AvgIpc) is 3.13. The number of nitrogens with one attached hydrogen (secondary N) is 1. The monoisotopic (exact) mass is 418 g/mol.